The number of likely N-dealkylation sites (tertiary alicyclic amines) is 1. The largest absolute Gasteiger partial charge is 0.304 e. The molecule has 102 valence electrons. The third-order valence-corrected chi connectivity index (χ3v) is 4.79. The highest BCUT2D eigenvalue weighted by Gasteiger charge is 2.26. The summed E-state index contributed by atoms with van der Waals surface area (Å²) in [7, 11) is 2.18. The number of imidazole rings is 1. The van der Waals surface area contributed by atoms with Gasteiger partial charge in [0.1, 0.15) is 5.52 Å². The van der Waals surface area contributed by atoms with Crippen molar-refractivity contribution in [2.75, 3.05) is 20.1 Å². The van der Waals surface area contributed by atoms with Gasteiger partial charge in [0.05, 0.1) is 10.9 Å². The Morgan fingerprint density at radius 3 is 3.00 bits per heavy atom. The second-order valence-corrected chi connectivity index (χ2v) is 6.28. The van der Waals surface area contributed by atoms with Gasteiger partial charge in [-0.15, -0.1) is 11.3 Å². The molecule has 0 radical (unpaired) electrons. The second-order valence-electron chi connectivity index (χ2n) is 5.33. The molecule has 1 saturated heterocycles. The molecule has 1 atom stereocenters. The number of thiophene rings is 1. The van der Waals surface area contributed by atoms with Gasteiger partial charge in [-0.25, -0.2) is 9.97 Å². The number of likely N-dealkylation sites (N-methyl/N-ethyl adjacent to an activating group) is 1. The van der Waals surface area contributed by atoms with E-state index < -0.39 is 0 Å². The molecular formula is C15H16N4S. The van der Waals surface area contributed by atoms with Crippen LogP contribution in [0.25, 0.3) is 21.9 Å². The Hall–Kier alpha value is -1.72. The second kappa shape index (κ2) is 4.68. The lowest BCUT2D eigenvalue weighted by atomic mass is 10.2. The maximum absolute atomic E-state index is 4.82. The molecule has 1 unspecified atom stereocenters. The van der Waals surface area contributed by atoms with Crippen molar-refractivity contribution in [1.29, 1.82) is 0 Å². The highest BCUT2D eigenvalue weighted by molar-refractivity contribution is 7.13. The van der Waals surface area contributed by atoms with Gasteiger partial charge >= 0.3 is 0 Å². The minimum atomic E-state index is 0.469. The van der Waals surface area contributed by atoms with E-state index in [-0.39, 0.29) is 0 Å². The fourth-order valence-corrected chi connectivity index (χ4v) is 3.69. The minimum absolute atomic E-state index is 0.469. The van der Waals surface area contributed by atoms with Crippen LogP contribution in [0.3, 0.4) is 0 Å². The lowest BCUT2D eigenvalue weighted by Gasteiger charge is -2.15. The van der Waals surface area contributed by atoms with Gasteiger partial charge in [-0.05, 0) is 43.6 Å². The van der Waals surface area contributed by atoms with Crippen molar-refractivity contribution in [3.63, 3.8) is 0 Å². The van der Waals surface area contributed by atoms with Crippen LogP contribution in [0.4, 0.5) is 0 Å². The van der Waals surface area contributed by atoms with E-state index in [2.05, 4.69) is 45.1 Å². The smallest absolute Gasteiger partial charge is 0.160 e. The molecule has 0 aromatic carbocycles. The SMILES string of the molecule is CN1CCC(n2c(-c3cccs3)nc3cccnc32)C1. The normalized spacial score (nSPS) is 19.9. The number of aromatic nitrogens is 3. The zero-order valence-electron chi connectivity index (χ0n) is 11.4. The number of hydrogen-bond donors (Lipinski definition) is 0. The molecule has 0 amide bonds. The van der Waals surface area contributed by atoms with E-state index in [0.717, 1.165) is 36.5 Å². The van der Waals surface area contributed by atoms with Crippen molar-refractivity contribution < 1.29 is 0 Å². The fraction of sp³-hybridized carbons (Fsp3) is 0.333. The number of rotatable bonds is 2. The topological polar surface area (TPSA) is 34.0 Å². The van der Waals surface area contributed by atoms with Crippen molar-refractivity contribution in [3.8, 4) is 10.7 Å². The van der Waals surface area contributed by atoms with Gasteiger partial charge < -0.3 is 9.47 Å². The van der Waals surface area contributed by atoms with Crippen molar-refractivity contribution in [2.24, 2.45) is 0 Å². The molecule has 4 nitrogen and oxygen atoms in total. The molecule has 4 heterocycles. The summed E-state index contributed by atoms with van der Waals surface area (Å²) in [5.41, 5.74) is 2.00. The van der Waals surface area contributed by atoms with Gasteiger partial charge in [0.15, 0.2) is 11.5 Å². The van der Waals surface area contributed by atoms with E-state index in [4.69, 9.17) is 4.98 Å². The summed E-state index contributed by atoms with van der Waals surface area (Å²) in [5, 5.41) is 2.10. The van der Waals surface area contributed by atoms with E-state index in [1.807, 2.05) is 12.3 Å². The van der Waals surface area contributed by atoms with Gasteiger partial charge in [-0.2, -0.15) is 0 Å². The first-order valence-corrected chi connectivity index (χ1v) is 7.76. The molecule has 4 rings (SSSR count). The van der Waals surface area contributed by atoms with Gasteiger partial charge in [0.25, 0.3) is 0 Å². The van der Waals surface area contributed by atoms with Crippen LogP contribution in [-0.4, -0.2) is 39.6 Å². The van der Waals surface area contributed by atoms with Crippen LogP contribution in [0.1, 0.15) is 12.5 Å². The number of fused-ring (bicyclic) bond motifs is 1. The summed E-state index contributed by atoms with van der Waals surface area (Å²) in [6, 6.07) is 8.70. The summed E-state index contributed by atoms with van der Waals surface area (Å²) in [6.45, 7) is 2.21. The van der Waals surface area contributed by atoms with Gasteiger partial charge in [0, 0.05) is 12.7 Å². The first-order valence-electron chi connectivity index (χ1n) is 6.88. The first-order chi connectivity index (χ1) is 9.83. The van der Waals surface area contributed by atoms with Crippen LogP contribution in [0.5, 0.6) is 0 Å². The monoisotopic (exact) mass is 284 g/mol. The lowest BCUT2D eigenvalue weighted by molar-refractivity contribution is 0.395. The van der Waals surface area contributed by atoms with Crippen LogP contribution < -0.4 is 0 Å². The molecule has 3 aromatic rings. The Kier molecular flexibility index (Phi) is 2.82. The van der Waals surface area contributed by atoms with Crippen LogP contribution in [0.2, 0.25) is 0 Å². The molecule has 1 fully saturated rings. The summed E-state index contributed by atoms with van der Waals surface area (Å²) in [4.78, 5) is 13.0. The standard InChI is InChI=1S/C15H16N4S/c1-18-8-6-11(10-18)19-14-12(4-2-7-16-14)17-15(19)13-5-3-9-20-13/h2-5,7,9,11H,6,8,10H2,1H3. The molecule has 0 saturated carbocycles. The van der Waals surface area contributed by atoms with Crippen molar-refractivity contribution in [2.45, 2.75) is 12.5 Å². The third-order valence-electron chi connectivity index (χ3n) is 3.92. The van der Waals surface area contributed by atoms with Gasteiger partial charge in [-0.1, -0.05) is 6.07 Å². The molecule has 5 heteroatoms. The maximum Gasteiger partial charge on any atom is 0.160 e. The van der Waals surface area contributed by atoms with Crippen molar-refractivity contribution >= 4 is 22.5 Å². The zero-order valence-corrected chi connectivity index (χ0v) is 12.2. The predicted molar refractivity (Wildman–Crippen MR) is 82.0 cm³/mol. The molecular weight excluding hydrogens is 268 g/mol. The lowest BCUT2D eigenvalue weighted by Crippen LogP contribution is -2.17. The van der Waals surface area contributed by atoms with Crippen molar-refractivity contribution in [3.05, 3.63) is 35.8 Å². The average molecular weight is 284 g/mol. The number of nitrogens with zero attached hydrogens (tertiary/aromatic N) is 4. The zero-order chi connectivity index (χ0) is 13.5. The minimum Gasteiger partial charge on any atom is -0.304 e. The Balaban J connectivity index is 1.93. The van der Waals surface area contributed by atoms with Crippen LogP contribution >= 0.6 is 11.3 Å². The third kappa shape index (κ3) is 1.85. The molecule has 1 aliphatic heterocycles. The number of pyridine rings is 1. The highest BCUT2D eigenvalue weighted by atomic mass is 32.1. The molecule has 1 aliphatic rings. The molecule has 0 N–H and O–H groups in total. The molecule has 0 spiro atoms. The molecule has 3 aromatic heterocycles. The van der Waals surface area contributed by atoms with Crippen LogP contribution in [0.15, 0.2) is 35.8 Å². The Morgan fingerprint density at radius 1 is 1.30 bits per heavy atom. The summed E-state index contributed by atoms with van der Waals surface area (Å²) >= 11 is 1.74. The summed E-state index contributed by atoms with van der Waals surface area (Å²) < 4.78 is 2.34. The predicted octanol–water partition coefficient (Wildman–Crippen LogP) is 3.04. The summed E-state index contributed by atoms with van der Waals surface area (Å²) in [6.07, 6.45) is 3.02. The van der Waals surface area contributed by atoms with E-state index >= 15 is 0 Å². The quantitative estimate of drug-likeness (QED) is 0.725. The Morgan fingerprint density at radius 2 is 2.25 bits per heavy atom. The van der Waals surface area contributed by atoms with E-state index in [0.29, 0.717) is 6.04 Å². The van der Waals surface area contributed by atoms with Gasteiger partial charge in [-0.3, -0.25) is 0 Å². The Bertz CT molecular complexity index is 732. The fourth-order valence-electron chi connectivity index (χ4n) is 2.98. The van der Waals surface area contributed by atoms with Crippen LogP contribution in [0, 0.1) is 0 Å². The average Bonchev–Trinajstić information content (AvgIpc) is 3.16. The van der Waals surface area contributed by atoms with E-state index in [9.17, 15) is 0 Å². The Labute approximate surface area is 121 Å². The van der Waals surface area contributed by atoms with Crippen LogP contribution in [-0.2, 0) is 0 Å². The highest BCUT2D eigenvalue weighted by Crippen LogP contribution is 2.33. The molecule has 0 bridgehead atoms. The van der Waals surface area contributed by atoms with Crippen molar-refractivity contribution in [1.82, 2.24) is 19.4 Å². The number of hydrogen-bond acceptors (Lipinski definition) is 4. The molecule has 0 aliphatic carbocycles. The molecule has 20 heavy (non-hydrogen) atoms. The van der Waals surface area contributed by atoms with E-state index in [1.54, 1.807) is 11.3 Å². The first kappa shape index (κ1) is 12.1. The van der Waals surface area contributed by atoms with E-state index in [1.165, 1.54) is 4.88 Å². The van der Waals surface area contributed by atoms with Gasteiger partial charge in [0.2, 0.25) is 0 Å². The summed E-state index contributed by atoms with van der Waals surface area (Å²) in [5.74, 6) is 1.06. The maximum atomic E-state index is 4.82.